The van der Waals surface area contributed by atoms with Crippen LogP contribution in [0.25, 0.3) is 0 Å². The van der Waals surface area contributed by atoms with Crippen LogP contribution in [0.1, 0.15) is 30.1 Å². The highest BCUT2D eigenvalue weighted by Gasteiger charge is 2.30. The zero-order valence-electron chi connectivity index (χ0n) is 12.7. The summed E-state index contributed by atoms with van der Waals surface area (Å²) in [6.07, 6.45) is 1.39. The molecule has 1 heterocycles. The maximum absolute atomic E-state index is 11.9. The van der Waals surface area contributed by atoms with Crippen molar-refractivity contribution in [3.63, 3.8) is 0 Å². The second-order valence-electron chi connectivity index (χ2n) is 5.30. The number of aromatic carboxylic acids is 1. The predicted molar refractivity (Wildman–Crippen MR) is 81.6 cm³/mol. The van der Waals surface area contributed by atoms with E-state index in [9.17, 15) is 19.7 Å². The van der Waals surface area contributed by atoms with Crippen LogP contribution in [0.2, 0.25) is 0 Å². The number of benzene rings is 1. The summed E-state index contributed by atoms with van der Waals surface area (Å²) in [6, 6.07) is 3.80. The number of nitro benzene ring substituents is 1. The van der Waals surface area contributed by atoms with E-state index < -0.39 is 10.9 Å². The molecule has 1 saturated heterocycles. The molecule has 1 aromatic rings. The fraction of sp³-hybridized carbons (Fsp3) is 0.467. The molecule has 0 bridgehead atoms. The Bertz CT molecular complexity index is 630. The lowest BCUT2D eigenvalue weighted by Crippen LogP contribution is -2.39. The summed E-state index contributed by atoms with van der Waals surface area (Å²) >= 11 is 0. The van der Waals surface area contributed by atoms with Gasteiger partial charge in [0.1, 0.15) is 5.69 Å². The molecule has 0 aliphatic carbocycles. The number of carboxylic acid groups (broad SMARTS) is 1. The molecule has 1 N–H and O–H groups in total. The predicted octanol–water partition coefficient (Wildman–Crippen LogP) is 2.07. The molecule has 0 spiro atoms. The molecule has 124 valence electrons. The molecule has 23 heavy (non-hydrogen) atoms. The van der Waals surface area contributed by atoms with Gasteiger partial charge in [-0.25, -0.2) is 4.79 Å². The van der Waals surface area contributed by atoms with E-state index in [-0.39, 0.29) is 23.1 Å². The van der Waals surface area contributed by atoms with E-state index in [4.69, 9.17) is 9.84 Å². The van der Waals surface area contributed by atoms with Gasteiger partial charge in [0, 0.05) is 19.2 Å². The third-order valence-corrected chi connectivity index (χ3v) is 3.80. The van der Waals surface area contributed by atoms with Gasteiger partial charge in [-0.2, -0.15) is 0 Å². The average molecular weight is 322 g/mol. The number of hydrogen-bond acceptors (Lipinski definition) is 6. The molecular weight excluding hydrogens is 304 g/mol. The van der Waals surface area contributed by atoms with Crippen LogP contribution >= 0.6 is 0 Å². The lowest BCUT2D eigenvalue weighted by molar-refractivity contribution is -0.384. The summed E-state index contributed by atoms with van der Waals surface area (Å²) in [5, 5.41) is 20.2. The van der Waals surface area contributed by atoms with E-state index in [1.165, 1.54) is 12.1 Å². The zero-order chi connectivity index (χ0) is 17.0. The van der Waals surface area contributed by atoms with E-state index in [0.717, 1.165) is 6.07 Å². The quantitative estimate of drug-likeness (QED) is 0.502. The van der Waals surface area contributed by atoms with Gasteiger partial charge in [0.05, 0.1) is 23.0 Å². The maximum Gasteiger partial charge on any atom is 0.335 e. The second-order valence-corrected chi connectivity index (χ2v) is 5.30. The van der Waals surface area contributed by atoms with E-state index >= 15 is 0 Å². The summed E-state index contributed by atoms with van der Waals surface area (Å²) in [5.74, 6) is -1.85. The minimum atomic E-state index is -1.22. The second kappa shape index (κ2) is 7.08. The lowest BCUT2D eigenvalue weighted by Gasteiger charge is -2.32. The van der Waals surface area contributed by atoms with Gasteiger partial charge >= 0.3 is 11.9 Å². The highest BCUT2D eigenvalue weighted by Crippen LogP contribution is 2.32. The molecule has 0 radical (unpaired) electrons. The number of nitrogens with zero attached hydrogens (tertiary/aromatic N) is 2. The average Bonchev–Trinajstić information content (AvgIpc) is 2.54. The van der Waals surface area contributed by atoms with Crippen molar-refractivity contribution in [3.05, 3.63) is 33.9 Å². The Morgan fingerprint density at radius 1 is 1.48 bits per heavy atom. The number of carbonyl (C=O) groups is 2. The van der Waals surface area contributed by atoms with Crippen LogP contribution in [0.15, 0.2) is 18.2 Å². The number of hydrogen-bond donors (Lipinski definition) is 1. The molecule has 1 fully saturated rings. The van der Waals surface area contributed by atoms with Crippen molar-refractivity contribution in [2.75, 3.05) is 24.6 Å². The number of carbonyl (C=O) groups excluding carboxylic acids is 1. The van der Waals surface area contributed by atoms with Gasteiger partial charge in [-0.15, -0.1) is 0 Å². The molecular formula is C15H18N2O6. The molecule has 1 aromatic carbocycles. The number of anilines is 1. The molecule has 1 aliphatic rings. The summed E-state index contributed by atoms with van der Waals surface area (Å²) in [5.41, 5.74) is -0.0807. The van der Waals surface area contributed by atoms with E-state index in [1.807, 2.05) is 0 Å². The van der Waals surface area contributed by atoms with Crippen molar-refractivity contribution in [1.29, 1.82) is 0 Å². The monoisotopic (exact) mass is 322 g/mol. The number of carboxylic acids is 1. The summed E-state index contributed by atoms with van der Waals surface area (Å²) in [4.78, 5) is 35.3. The Morgan fingerprint density at radius 3 is 2.83 bits per heavy atom. The van der Waals surface area contributed by atoms with E-state index in [0.29, 0.717) is 38.2 Å². The molecule has 8 heteroatoms. The first-order valence-electron chi connectivity index (χ1n) is 7.37. The van der Waals surface area contributed by atoms with Gasteiger partial charge in [0.2, 0.25) is 0 Å². The van der Waals surface area contributed by atoms with Crippen LogP contribution in [-0.2, 0) is 9.53 Å². The van der Waals surface area contributed by atoms with Gasteiger partial charge in [0.15, 0.2) is 0 Å². The first-order valence-corrected chi connectivity index (χ1v) is 7.37. The Hall–Kier alpha value is -2.64. The fourth-order valence-corrected chi connectivity index (χ4v) is 2.72. The first kappa shape index (κ1) is 16.7. The lowest BCUT2D eigenvalue weighted by atomic mass is 9.97. The molecule has 8 nitrogen and oxygen atoms in total. The molecule has 0 amide bonds. The van der Waals surface area contributed by atoms with Crippen molar-refractivity contribution < 1.29 is 24.4 Å². The van der Waals surface area contributed by atoms with Gasteiger partial charge in [-0.3, -0.25) is 14.9 Å². The smallest absolute Gasteiger partial charge is 0.335 e. The van der Waals surface area contributed by atoms with Crippen LogP contribution < -0.4 is 4.90 Å². The Morgan fingerprint density at radius 2 is 2.22 bits per heavy atom. The number of rotatable bonds is 5. The van der Waals surface area contributed by atoms with Gasteiger partial charge in [0.25, 0.3) is 5.69 Å². The normalized spacial score (nSPS) is 17.6. The van der Waals surface area contributed by atoms with Crippen molar-refractivity contribution >= 4 is 23.3 Å². The molecule has 2 rings (SSSR count). The van der Waals surface area contributed by atoms with Crippen molar-refractivity contribution in [2.24, 2.45) is 5.92 Å². The van der Waals surface area contributed by atoms with Crippen molar-refractivity contribution in [2.45, 2.75) is 19.8 Å². The topological polar surface area (TPSA) is 110 Å². The van der Waals surface area contributed by atoms with Crippen LogP contribution in [0.3, 0.4) is 0 Å². The van der Waals surface area contributed by atoms with E-state index in [1.54, 1.807) is 11.8 Å². The van der Waals surface area contributed by atoms with Gasteiger partial charge in [-0.1, -0.05) is 0 Å². The number of piperidine rings is 1. The van der Waals surface area contributed by atoms with Crippen LogP contribution in [0.4, 0.5) is 11.4 Å². The Labute approximate surface area is 132 Å². The van der Waals surface area contributed by atoms with Gasteiger partial charge < -0.3 is 14.7 Å². The largest absolute Gasteiger partial charge is 0.478 e. The Kier molecular flexibility index (Phi) is 5.15. The molecule has 0 unspecified atom stereocenters. The highest BCUT2D eigenvalue weighted by molar-refractivity contribution is 5.90. The third kappa shape index (κ3) is 3.77. The van der Waals surface area contributed by atoms with E-state index in [2.05, 4.69) is 0 Å². The summed E-state index contributed by atoms with van der Waals surface area (Å²) in [7, 11) is 0. The number of esters is 1. The standard InChI is InChI=1S/C15H18N2O6/c1-2-23-15(20)11-4-3-7-16(9-11)12-6-5-10(14(18)19)8-13(12)17(21)22/h5-6,8,11H,2-4,7,9H2,1H3,(H,18,19)/t11-/m0/s1. The molecule has 0 saturated carbocycles. The minimum absolute atomic E-state index is 0.139. The highest BCUT2D eigenvalue weighted by atomic mass is 16.6. The van der Waals surface area contributed by atoms with Crippen molar-refractivity contribution in [1.82, 2.24) is 0 Å². The Balaban J connectivity index is 2.28. The number of ether oxygens (including phenoxy) is 1. The number of nitro groups is 1. The summed E-state index contributed by atoms with van der Waals surface area (Å²) in [6.45, 7) is 2.92. The molecule has 1 aliphatic heterocycles. The SMILES string of the molecule is CCOC(=O)[C@H]1CCCN(c2ccc(C(=O)O)cc2[N+](=O)[O-])C1. The maximum atomic E-state index is 11.9. The van der Waals surface area contributed by atoms with Crippen LogP contribution in [0, 0.1) is 16.0 Å². The summed E-state index contributed by atoms with van der Waals surface area (Å²) < 4.78 is 5.02. The van der Waals surface area contributed by atoms with Gasteiger partial charge in [-0.05, 0) is 31.9 Å². The first-order chi connectivity index (χ1) is 10.9. The minimum Gasteiger partial charge on any atom is -0.478 e. The third-order valence-electron chi connectivity index (χ3n) is 3.80. The molecule has 0 aromatic heterocycles. The van der Waals surface area contributed by atoms with Crippen LogP contribution in [-0.4, -0.2) is 41.7 Å². The zero-order valence-corrected chi connectivity index (χ0v) is 12.7. The molecule has 1 atom stereocenters. The van der Waals surface area contributed by atoms with Crippen molar-refractivity contribution in [3.8, 4) is 0 Å². The van der Waals surface area contributed by atoms with Crippen LogP contribution in [0.5, 0.6) is 0 Å². The fourth-order valence-electron chi connectivity index (χ4n) is 2.72.